The van der Waals surface area contributed by atoms with Gasteiger partial charge in [0.2, 0.25) is 0 Å². The second-order valence-corrected chi connectivity index (χ2v) is 10.4. The van der Waals surface area contributed by atoms with E-state index in [-0.39, 0.29) is 23.5 Å². The summed E-state index contributed by atoms with van der Waals surface area (Å²) >= 11 is 0. The maximum Gasteiger partial charge on any atom is 0.259 e. The van der Waals surface area contributed by atoms with Crippen molar-refractivity contribution in [1.82, 2.24) is 9.88 Å². The molecule has 7 heteroatoms. The topological polar surface area (TPSA) is 80.8 Å². The second-order valence-electron chi connectivity index (χ2n) is 10.4. The van der Waals surface area contributed by atoms with Crippen LogP contribution in [0.4, 0.5) is 5.69 Å². The highest BCUT2D eigenvalue weighted by molar-refractivity contribution is 6.06. The Morgan fingerprint density at radius 3 is 2.46 bits per heavy atom. The zero-order valence-electron chi connectivity index (χ0n) is 22.4. The molecule has 1 unspecified atom stereocenters. The first-order chi connectivity index (χ1) is 17.6. The molecule has 1 N–H and O–H groups in total. The third kappa shape index (κ3) is 5.83. The van der Waals surface area contributed by atoms with Gasteiger partial charge in [0.25, 0.3) is 11.8 Å². The molecule has 1 saturated heterocycles. The van der Waals surface area contributed by atoms with Gasteiger partial charge in [-0.1, -0.05) is 39.0 Å². The Bertz CT molecular complexity index is 1290. The first kappa shape index (κ1) is 26.4. The van der Waals surface area contributed by atoms with Crippen LogP contribution in [-0.4, -0.2) is 48.7 Å². The molecular formula is C30H35N3O4. The molecule has 0 aliphatic carbocycles. The molecule has 0 saturated carbocycles. The number of nitrogens with one attached hydrogen (secondary N) is 1. The molecule has 0 bridgehead atoms. The van der Waals surface area contributed by atoms with Gasteiger partial charge in [0, 0.05) is 30.5 Å². The van der Waals surface area contributed by atoms with Gasteiger partial charge < -0.3 is 19.7 Å². The first-order valence-corrected chi connectivity index (χ1v) is 12.5. The van der Waals surface area contributed by atoms with Crippen molar-refractivity contribution in [3.05, 3.63) is 77.1 Å². The highest BCUT2D eigenvalue weighted by atomic mass is 16.5. The van der Waals surface area contributed by atoms with E-state index in [1.165, 1.54) is 0 Å². The molecular weight excluding hydrogens is 466 g/mol. The number of benzene rings is 2. The van der Waals surface area contributed by atoms with Gasteiger partial charge in [-0.25, -0.2) is 0 Å². The number of carbonyl (C=O) groups is 2. The third-order valence-electron chi connectivity index (χ3n) is 6.76. The standard InChI is InChI=1S/C30H35N3O4/c1-19-24(20-9-11-21(12-10-20)29(35)33(5)27-8-7-15-37-27)17-23(18-31-19)32-28(34)25-16-22(30(2,3)4)13-14-26(25)36-6/h9-14,16-18,27H,7-8,15H2,1-6H3,(H,32,34). The molecule has 1 fully saturated rings. The van der Waals surface area contributed by atoms with Crippen molar-refractivity contribution in [1.29, 1.82) is 0 Å². The van der Waals surface area contributed by atoms with E-state index in [2.05, 4.69) is 31.1 Å². The van der Waals surface area contributed by atoms with Crippen molar-refractivity contribution >= 4 is 17.5 Å². The number of methoxy groups -OCH3 is 1. The average Bonchev–Trinajstić information content (AvgIpc) is 3.43. The van der Waals surface area contributed by atoms with Crippen molar-refractivity contribution < 1.29 is 19.1 Å². The van der Waals surface area contributed by atoms with Crippen LogP contribution in [0, 0.1) is 6.92 Å². The Morgan fingerprint density at radius 1 is 1.11 bits per heavy atom. The number of amides is 2. The third-order valence-corrected chi connectivity index (χ3v) is 6.76. The van der Waals surface area contributed by atoms with Crippen LogP contribution in [0.1, 0.15) is 65.6 Å². The summed E-state index contributed by atoms with van der Waals surface area (Å²) < 4.78 is 11.1. The van der Waals surface area contributed by atoms with Gasteiger partial charge in [0.05, 0.1) is 24.6 Å². The molecule has 1 aliphatic heterocycles. The number of hydrogen-bond donors (Lipinski definition) is 1. The number of nitrogens with zero attached hydrogens (tertiary/aromatic N) is 2. The van der Waals surface area contributed by atoms with E-state index in [0.29, 0.717) is 29.2 Å². The number of aryl methyl sites for hydroxylation is 1. The van der Waals surface area contributed by atoms with E-state index in [4.69, 9.17) is 9.47 Å². The molecule has 37 heavy (non-hydrogen) atoms. The minimum Gasteiger partial charge on any atom is -0.496 e. The number of pyridine rings is 1. The summed E-state index contributed by atoms with van der Waals surface area (Å²) in [7, 11) is 3.33. The lowest BCUT2D eigenvalue weighted by Crippen LogP contribution is -2.36. The van der Waals surface area contributed by atoms with Gasteiger partial charge in [-0.3, -0.25) is 14.6 Å². The van der Waals surface area contributed by atoms with Crippen LogP contribution in [0.3, 0.4) is 0 Å². The predicted octanol–water partition coefficient (Wildman–Crippen LogP) is 5.82. The SMILES string of the molecule is COc1ccc(C(C)(C)C)cc1C(=O)Nc1cnc(C)c(-c2ccc(C(=O)N(C)C3CCCO3)cc2)c1. The maximum absolute atomic E-state index is 13.2. The molecule has 4 rings (SSSR count). The van der Waals surface area contributed by atoms with Crippen LogP contribution < -0.4 is 10.1 Å². The minimum absolute atomic E-state index is 0.0688. The summed E-state index contributed by atoms with van der Waals surface area (Å²) in [6.07, 6.45) is 3.30. The van der Waals surface area contributed by atoms with E-state index < -0.39 is 0 Å². The van der Waals surface area contributed by atoms with Gasteiger partial charge >= 0.3 is 0 Å². The molecule has 7 nitrogen and oxygen atoms in total. The van der Waals surface area contributed by atoms with Gasteiger partial charge in [0.1, 0.15) is 12.0 Å². The average molecular weight is 502 g/mol. The Balaban J connectivity index is 1.55. The fourth-order valence-electron chi connectivity index (χ4n) is 4.44. The van der Waals surface area contributed by atoms with Crippen molar-refractivity contribution in [3.8, 4) is 16.9 Å². The van der Waals surface area contributed by atoms with Crippen LogP contribution in [0.2, 0.25) is 0 Å². The molecule has 0 spiro atoms. The fraction of sp³-hybridized carbons (Fsp3) is 0.367. The zero-order valence-corrected chi connectivity index (χ0v) is 22.4. The first-order valence-electron chi connectivity index (χ1n) is 12.5. The summed E-state index contributed by atoms with van der Waals surface area (Å²) in [6, 6.07) is 15.0. The fourth-order valence-corrected chi connectivity index (χ4v) is 4.44. The number of rotatable bonds is 6. The van der Waals surface area contributed by atoms with E-state index >= 15 is 0 Å². The Labute approximate surface area is 218 Å². The molecule has 2 heterocycles. The summed E-state index contributed by atoms with van der Waals surface area (Å²) in [5.41, 5.74) is 5.18. The van der Waals surface area contributed by atoms with Crippen molar-refractivity contribution in [2.24, 2.45) is 0 Å². The molecule has 3 aromatic rings. The molecule has 2 amide bonds. The lowest BCUT2D eigenvalue weighted by Gasteiger charge is -2.23. The lowest BCUT2D eigenvalue weighted by atomic mass is 9.86. The number of hydrogen-bond acceptors (Lipinski definition) is 5. The van der Waals surface area contributed by atoms with Crippen molar-refractivity contribution in [2.75, 3.05) is 26.1 Å². The second kappa shape index (κ2) is 10.7. The van der Waals surface area contributed by atoms with Gasteiger partial charge in [-0.15, -0.1) is 0 Å². The molecule has 1 aromatic heterocycles. The number of ether oxygens (including phenoxy) is 2. The summed E-state index contributed by atoms with van der Waals surface area (Å²) in [4.78, 5) is 32.3. The van der Waals surface area contributed by atoms with Gasteiger partial charge in [-0.2, -0.15) is 0 Å². The Kier molecular flexibility index (Phi) is 7.64. The summed E-state index contributed by atoms with van der Waals surface area (Å²) in [6.45, 7) is 8.92. The van der Waals surface area contributed by atoms with Crippen LogP contribution >= 0.6 is 0 Å². The van der Waals surface area contributed by atoms with E-state index in [9.17, 15) is 9.59 Å². The highest BCUT2D eigenvalue weighted by Gasteiger charge is 2.25. The Hall–Kier alpha value is -3.71. The molecule has 1 aliphatic rings. The van der Waals surface area contributed by atoms with Crippen LogP contribution in [0.25, 0.3) is 11.1 Å². The van der Waals surface area contributed by atoms with Crippen LogP contribution in [0.5, 0.6) is 5.75 Å². The zero-order chi connectivity index (χ0) is 26.7. The molecule has 2 aromatic carbocycles. The Morgan fingerprint density at radius 2 is 1.84 bits per heavy atom. The molecule has 194 valence electrons. The lowest BCUT2D eigenvalue weighted by molar-refractivity contribution is 0.000873. The van der Waals surface area contributed by atoms with Crippen molar-refractivity contribution in [3.63, 3.8) is 0 Å². The van der Waals surface area contributed by atoms with E-state index in [1.54, 1.807) is 25.3 Å². The quantitative estimate of drug-likeness (QED) is 0.460. The van der Waals surface area contributed by atoms with Gasteiger partial charge in [-0.05, 0) is 66.6 Å². The normalized spacial score (nSPS) is 15.4. The number of aromatic nitrogens is 1. The molecule has 1 atom stereocenters. The van der Waals surface area contributed by atoms with E-state index in [1.807, 2.05) is 55.5 Å². The van der Waals surface area contributed by atoms with Crippen molar-refractivity contribution in [2.45, 2.75) is 52.2 Å². The maximum atomic E-state index is 13.2. The predicted molar refractivity (Wildman–Crippen MR) is 145 cm³/mol. The smallest absolute Gasteiger partial charge is 0.259 e. The van der Waals surface area contributed by atoms with Crippen LogP contribution in [-0.2, 0) is 10.2 Å². The summed E-state index contributed by atoms with van der Waals surface area (Å²) in [5.74, 6) is 0.178. The largest absolute Gasteiger partial charge is 0.496 e. The number of carbonyl (C=O) groups excluding carboxylic acids is 2. The molecule has 0 radical (unpaired) electrons. The van der Waals surface area contributed by atoms with E-state index in [0.717, 1.165) is 35.2 Å². The highest BCUT2D eigenvalue weighted by Crippen LogP contribution is 2.30. The monoisotopic (exact) mass is 501 g/mol. The minimum atomic E-state index is -0.266. The number of anilines is 1. The summed E-state index contributed by atoms with van der Waals surface area (Å²) in [5, 5.41) is 2.97. The van der Waals surface area contributed by atoms with Crippen LogP contribution in [0.15, 0.2) is 54.7 Å². The van der Waals surface area contributed by atoms with Gasteiger partial charge in [0.15, 0.2) is 0 Å².